The van der Waals surface area contributed by atoms with Crippen LogP contribution in [0.4, 0.5) is 17.6 Å². The minimum absolute atomic E-state index is 0.0828. The third-order valence-electron chi connectivity index (χ3n) is 3.82. The van der Waals surface area contributed by atoms with Crippen molar-refractivity contribution in [2.75, 3.05) is 13.2 Å². The van der Waals surface area contributed by atoms with Crippen LogP contribution in [0.15, 0.2) is 78.6 Å². The molecule has 0 atom stereocenters. The molecule has 0 saturated heterocycles. The average molecular weight is 422 g/mol. The average Bonchev–Trinajstić information content (AvgIpc) is 2.69. The van der Waals surface area contributed by atoms with E-state index in [2.05, 4.69) is 18.5 Å². The van der Waals surface area contributed by atoms with Crippen molar-refractivity contribution in [3.63, 3.8) is 0 Å². The first kappa shape index (κ1) is 25.0. The molecule has 0 aliphatic carbocycles. The van der Waals surface area contributed by atoms with Crippen LogP contribution in [0, 0.1) is 11.6 Å². The van der Waals surface area contributed by atoms with E-state index in [9.17, 15) is 17.6 Å². The van der Waals surface area contributed by atoms with Crippen LogP contribution in [0.3, 0.4) is 0 Å². The van der Waals surface area contributed by atoms with E-state index in [1.54, 1.807) is 44.2 Å². The Morgan fingerprint density at radius 3 is 2.33 bits per heavy atom. The van der Waals surface area contributed by atoms with E-state index >= 15 is 0 Å². The molecule has 0 saturated carbocycles. The molecule has 0 aliphatic heterocycles. The van der Waals surface area contributed by atoms with E-state index in [4.69, 9.17) is 10.5 Å². The number of rotatable bonds is 11. The lowest BCUT2D eigenvalue weighted by atomic mass is 9.95. The zero-order valence-corrected chi connectivity index (χ0v) is 17.0. The Kier molecular flexibility index (Phi) is 10.4. The van der Waals surface area contributed by atoms with Crippen molar-refractivity contribution < 1.29 is 22.3 Å². The fourth-order valence-corrected chi connectivity index (χ4v) is 2.56. The molecule has 0 unspecified atom stereocenters. The van der Waals surface area contributed by atoms with Crippen LogP contribution in [-0.2, 0) is 0 Å². The molecule has 30 heavy (non-hydrogen) atoms. The largest absolute Gasteiger partial charge is 0.487 e. The third-order valence-corrected chi connectivity index (χ3v) is 3.82. The van der Waals surface area contributed by atoms with Gasteiger partial charge in [0.25, 0.3) is 6.43 Å². The minimum Gasteiger partial charge on any atom is -0.487 e. The lowest BCUT2D eigenvalue weighted by Crippen LogP contribution is -2.13. The highest BCUT2D eigenvalue weighted by atomic mass is 19.3. The number of halogens is 4. The Balaban J connectivity index is 3.82. The fourth-order valence-electron chi connectivity index (χ4n) is 2.56. The Bertz CT molecular complexity index is 860. The number of hydrogen-bond acceptors (Lipinski definition) is 3. The van der Waals surface area contributed by atoms with Crippen molar-refractivity contribution in [3.8, 4) is 5.75 Å². The monoisotopic (exact) mass is 422 g/mol. The molecule has 0 bridgehead atoms. The molecule has 3 N–H and O–H groups in total. The van der Waals surface area contributed by atoms with Crippen molar-refractivity contribution in [1.82, 2.24) is 5.32 Å². The highest BCUT2D eigenvalue weighted by Gasteiger charge is 2.20. The molecule has 0 aliphatic rings. The molecule has 7 heteroatoms. The summed E-state index contributed by atoms with van der Waals surface area (Å²) in [5, 5.41) is 2.79. The molecule has 0 radical (unpaired) electrons. The highest BCUT2D eigenvalue weighted by Crippen LogP contribution is 2.31. The Morgan fingerprint density at radius 2 is 1.87 bits per heavy atom. The standard InChI is InChI=1S/C23H26F4N2O/c1-5-8-16(9-6-2)18(10-15(4)13-28)23(29-7-3)22-19(24)11-17(12-20(22)25)30-14-21(26)27/h5-12,21,29H,1,3,13-14,28H2,2,4H3/b9-6-,15-10+,16-8+,23-18+. The maximum absolute atomic E-state index is 14.9. The van der Waals surface area contributed by atoms with Gasteiger partial charge in [-0.1, -0.05) is 49.1 Å². The van der Waals surface area contributed by atoms with Crippen LogP contribution in [-0.4, -0.2) is 19.6 Å². The zero-order valence-electron chi connectivity index (χ0n) is 17.0. The summed E-state index contributed by atoms with van der Waals surface area (Å²) in [6, 6.07) is 1.71. The van der Waals surface area contributed by atoms with E-state index in [0.29, 0.717) is 11.1 Å². The maximum Gasteiger partial charge on any atom is 0.272 e. The maximum atomic E-state index is 14.9. The van der Waals surface area contributed by atoms with Gasteiger partial charge < -0.3 is 15.8 Å². The third kappa shape index (κ3) is 7.08. The van der Waals surface area contributed by atoms with Crippen LogP contribution in [0.5, 0.6) is 5.75 Å². The summed E-state index contributed by atoms with van der Waals surface area (Å²) < 4.78 is 59.2. The van der Waals surface area contributed by atoms with Gasteiger partial charge in [0.2, 0.25) is 0 Å². The SMILES string of the molecule is C=C/C=C(\C=C/C)C(/C=C(\C)CN)=C(/NC=C)c1c(F)cc(OCC(F)F)cc1F. The quantitative estimate of drug-likeness (QED) is 0.358. The van der Waals surface area contributed by atoms with E-state index in [0.717, 1.165) is 17.7 Å². The molecule has 0 aromatic heterocycles. The first-order valence-electron chi connectivity index (χ1n) is 9.14. The van der Waals surface area contributed by atoms with E-state index in [1.807, 2.05) is 0 Å². The summed E-state index contributed by atoms with van der Waals surface area (Å²) in [5.41, 5.74) is 7.20. The minimum atomic E-state index is -2.77. The molecule has 0 heterocycles. The fraction of sp³-hybridized carbons (Fsp3) is 0.217. The summed E-state index contributed by atoms with van der Waals surface area (Å²) in [5.74, 6) is -2.31. The number of nitrogens with two attached hydrogens (primary N) is 1. The van der Waals surface area contributed by atoms with Gasteiger partial charge in [0, 0.05) is 24.3 Å². The van der Waals surface area contributed by atoms with Crippen LogP contribution in [0.25, 0.3) is 5.70 Å². The second-order valence-corrected chi connectivity index (χ2v) is 6.15. The number of allylic oxidation sites excluding steroid dienone is 7. The Hall–Kier alpha value is -3.06. The summed E-state index contributed by atoms with van der Waals surface area (Å²) in [7, 11) is 0. The summed E-state index contributed by atoms with van der Waals surface area (Å²) >= 11 is 0. The van der Waals surface area contributed by atoms with E-state index < -0.39 is 30.2 Å². The first-order valence-corrected chi connectivity index (χ1v) is 9.14. The number of hydrogen-bond donors (Lipinski definition) is 2. The van der Waals surface area contributed by atoms with Crippen molar-refractivity contribution in [2.24, 2.45) is 5.73 Å². The van der Waals surface area contributed by atoms with Crippen molar-refractivity contribution in [3.05, 3.63) is 95.8 Å². The summed E-state index contributed by atoms with van der Waals surface area (Å²) in [6.45, 7) is 10.1. The second-order valence-electron chi connectivity index (χ2n) is 6.15. The van der Waals surface area contributed by atoms with E-state index in [-0.39, 0.29) is 18.0 Å². The molecule has 1 aromatic carbocycles. The summed E-state index contributed by atoms with van der Waals surface area (Å²) in [6.07, 6.45) is 6.94. The van der Waals surface area contributed by atoms with Crippen LogP contribution >= 0.6 is 0 Å². The smallest absolute Gasteiger partial charge is 0.272 e. The van der Waals surface area contributed by atoms with Gasteiger partial charge >= 0.3 is 0 Å². The van der Waals surface area contributed by atoms with E-state index in [1.165, 1.54) is 6.20 Å². The van der Waals surface area contributed by atoms with Crippen LogP contribution < -0.4 is 15.8 Å². The topological polar surface area (TPSA) is 47.3 Å². The van der Waals surface area contributed by atoms with Crippen LogP contribution in [0.2, 0.25) is 0 Å². The van der Waals surface area contributed by atoms with Crippen LogP contribution in [0.1, 0.15) is 19.4 Å². The Morgan fingerprint density at radius 1 is 1.23 bits per heavy atom. The molecular weight excluding hydrogens is 396 g/mol. The molecule has 162 valence electrons. The predicted molar refractivity (Wildman–Crippen MR) is 114 cm³/mol. The van der Waals surface area contributed by atoms with Crippen molar-refractivity contribution in [2.45, 2.75) is 20.3 Å². The molecule has 0 fully saturated rings. The summed E-state index contributed by atoms with van der Waals surface area (Å²) in [4.78, 5) is 0. The van der Waals surface area contributed by atoms with Gasteiger partial charge in [-0.25, -0.2) is 17.6 Å². The zero-order chi connectivity index (χ0) is 22.7. The number of ether oxygens (including phenoxy) is 1. The molecule has 1 rings (SSSR count). The molecule has 3 nitrogen and oxygen atoms in total. The van der Waals surface area contributed by atoms with Crippen molar-refractivity contribution >= 4 is 5.70 Å². The van der Waals surface area contributed by atoms with Gasteiger partial charge in [-0.15, -0.1) is 0 Å². The van der Waals surface area contributed by atoms with Gasteiger partial charge in [-0.3, -0.25) is 0 Å². The molecule has 1 aromatic rings. The van der Waals surface area contributed by atoms with Gasteiger partial charge in [0.05, 0.1) is 11.3 Å². The number of alkyl halides is 2. The van der Waals surface area contributed by atoms with Gasteiger partial charge in [-0.2, -0.15) is 0 Å². The molecule has 0 spiro atoms. The highest BCUT2D eigenvalue weighted by molar-refractivity contribution is 5.77. The lowest BCUT2D eigenvalue weighted by molar-refractivity contribution is 0.0815. The second kappa shape index (κ2) is 12.5. The van der Waals surface area contributed by atoms with Gasteiger partial charge in [0.15, 0.2) is 0 Å². The van der Waals surface area contributed by atoms with Crippen molar-refractivity contribution in [1.29, 1.82) is 0 Å². The molecular formula is C23H26F4N2O. The predicted octanol–water partition coefficient (Wildman–Crippen LogP) is 5.65. The number of nitrogens with one attached hydrogen (secondary N) is 1. The lowest BCUT2D eigenvalue weighted by Gasteiger charge is -2.18. The van der Waals surface area contributed by atoms with Gasteiger partial charge in [0.1, 0.15) is 24.0 Å². The normalized spacial score (nSPS) is 13.5. The first-order chi connectivity index (χ1) is 14.3. The Labute approximate surface area is 174 Å². The molecule has 0 amide bonds. The number of benzene rings is 1. The van der Waals surface area contributed by atoms with Gasteiger partial charge in [-0.05, 0) is 25.6 Å².